The van der Waals surface area contributed by atoms with Gasteiger partial charge in [-0.25, -0.2) is 5.43 Å². The van der Waals surface area contributed by atoms with Gasteiger partial charge in [0.05, 0.1) is 20.4 Å². The number of hydrogen-bond acceptors (Lipinski definition) is 5. The molecular weight excluding hydrogens is 344 g/mol. The van der Waals surface area contributed by atoms with E-state index in [1.807, 2.05) is 30.3 Å². The molecule has 0 aliphatic heterocycles. The van der Waals surface area contributed by atoms with Crippen LogP contribution in [0.25, 0.3) is 0 Å². The number of methoxy groups -OCH3 is 2. The molecule has 0 aliphatic carbocycles. The van der Waals surface area contributed by atoms with Crippen LogP contribution in [0.2, 0.25) is 0 Å². The molecule has 2 aromatic rings. The van der Waals surface area contributed by atoms with Crippen LogP contribution < -0.4 is 19.6 Å². The van der Waals surface area contributed by atoms with Crippen molar-refractivity contribution >= 4 is 12.1 Å². The third-order valence-corrected chi connectivity index (χ3v) is 3.92. The van der Waals surface area contributed by atoms with E-state index in [9.17, 15) is 4.79 Å². The zero-order valence-corrected chi connectivity index (χ0v) is 16.0. The summed E-state index contributed by atoms with van der Waals surface area (Å²) in [4.78, 5) is 11.8. The largest absolute Gasteiger partial charge is 0.493 e. The first-order valence-electron chi connectivity index (χ1n) is 8.92. The molecule has 0 radical (unpaired) electrons. The lowest BCUT2D eigenvalue weighted by atomic mass is 10.1. The Morgan fingerprint density at radius 1 is 1.07 bits per heavy atom. The van der Waals surface area contributed by atoms with E-state index in [0.717, 1.165) is 12.0 Å². The van der Waals surface area contributed by atoms with E-state index in [1.54, 1.807) is 26.4 Å². The number of hydrazone groups is 1. The summed E-state index contributed by atoms with van der Waals surface area (Å²) in [6, 6.07) is 13.2. The van der Waals surface area contributed by atoms with Crippen molar-refractivity contribution in [2.75, 3.05) is 20.8 Å². The van der Waals surface area contributed by atoms with Crippen LogP contribution in [0.4, 0.5) is 0 Å². The number of unbranched alkanes of at least 4 members (excludes halogenated alkanes) is 1. The van der Waals surface area contributed by atoms with Gasteiger partial charge in [0.2, 0.25) is 0 Å². The molecule has 0 spiro atoms. The Morgan fingerprint density at radius 2 is 1.81 bits per heavy atom. The number of carbonyl (C=O) groups excluding carboxylic acids is 1. The normalized spacial score (nSPS) is 10.6. The molecular formula is C21H26N2O4. The van der Waals surface area contributed by atoms with E-state index in [-0.39, 0.29) is 12.5 Å². The van der Waals surface area contributed by atoms with Gasteiger partial charge in [0.1, 0.15) is 5.75 Å². The van der Waals surface area contributed by atoms with Crippen molar-refractivity contribution in [1.82, 2.24) is 5.43 Å². The Labute approximate surface area is 160 Å². The predicted octanol–water partition coefficient (Wildman–Crippen LogP) is 3.58. The molecule has 0 aliphatic rings. The summed E-state index contributed by atoms with van der Waals surface area (Å²) in [5.74, 6) is 1.56. The van der Waals surface area contributed by atoms with Crippen molar-refractivity contribution in [2.45, 2.75) is 26.2 Å². The molecule has 1 N–H and O–H groups in total. The molecule has 0 bridgehead atoms. The fourth-order valence-corrected chi connectivity index (χ4v) is 2.43. The fraction of sp³-hybridized carbons (Fsp3) is 0.333. The molecule has 27 heavy (non-hydrogen) atoms. The van der Waals surface area contributed by atoms with Crippen LogP contribution in [0.1, 0.15) is 30.9 Å². The molecule has 0 fully saturated rings. The van der Waals surface area contributed by atoms with Crippen molar-refractivity contribution in [3.05, 3.63) is 53.6 Å². The maximum atomic E-state index is 11.8. The molecule has 0 saturated carbocycles. The summed E-state index contributed by atoms with van der Waals surface area (Å²) in [5.41, 5.74) is 4.49. The first-order chi connectivity index (χ1) is 13.2. The van der Waals surface area contributed by atoms with Crippen LogP contribution in [-0.2, 0) is 11.2 Å². The Bertz CT molecular complexity index is 757. The highest BCUT2D eigenvalue weighted by Gasteiger charge is 2.04. The minimum absolute atomic E-state index is 0.0996. The third-order valence-electron chi connectivity index (χ3n) is 3.92. The van der Waals surface area contributed by atoms with E-state index in [1.165, 1.54) is 24.6 Å². The Balaban J connectivity index is 1.79. The lowest BCUT2D eigenvalue weighted by molar-refractivity contribution is -0.123. The number of nitrogens with zero attached hydrogens (tertiary/aromatic N) is 1. The van der Waals surface area contributed by atoms with Crippen LogP contribution in [-0.4, -0.2) is 32.9 Å². The number of benzene rings is 2. The van der Waals surface area contributed by atoms with Crippen LogP contribution >= 0.6 is 0 Å². The SMILES string of the molecule is CCCCc1ccc(OCC(=O)N/N=C\c2ccc(OC)c(OC)c2)cc1. The number of aryl methyl sites for hydroxylation is 1. The van der Waals surface area contributed by atoms with Gasteiger partial charge in [0, 0.05) is 0 Å². The second kappa shape index (κ2) is 10.9. The number of carbonyl (C=O) groups is 1. The lowest BCUT2D eigenvalue weighted by Gasteiger charge is -2.07. The van der Waals surface area contributed by atoms with Crippen LogP contribution in [0, 0.1) is 0 Å². The molecule has 6 nitrogen and oxygen atoms in total. The van der Waals surface area contributed by atoms with Gasteiger partial charge in [-0.1, -0.05) is 25.5 Å². The van der Waals surface area contributed by atoms with Crippen molar-refractivity contribution in [1.29, 1.82) is 0 Å². The predicted molar refractivity (Wildman–Crippen MR) is 106 cm³/mol. The fourth-order valence-electron chi connectivity index (χ4n) is 2.43. The highest BCUT2D eigenvalue weighted by Crippen LogP contribution is 2.26. The smallest absolute Gasteiger partial charge is 0.277 e. The summed E-state index contributed by atoms with van der Waals surface area (Å²) < 4.78 is 15.9. The second-order valence-electron chi connectivity index (χ2n) is 5.94. The standard InChI is InChI=1S/C21H26N2O4/c1-4-5-6-16-7-10-18(11-8-16)27-15-21(24)23-22-14-17-9-12-19(25-2)20(13-17)26-3/h7-14H,4-6,15H2,1-3H3,(H,23,24)/b22-14-. The summed E-state index contributed by atoms with van der Waals surface area (Å²) >= 11 is 0. The van der Waals surface area contributed by atoms with E-state index < -0.39 is 0 Å². The molecule has 0 aromatic heterocycles. The minimum atomic E-state index is -0.332. The van der Waals surface area contributed by atoms with Gasteiger partial charge >= 0.3 is 0 Å². The maximum absolute atomic E-state index is 11.8. The first-order valence-corrected chi connectivity index (χ1v) is 8.92. The van der Waals surface area contributed by atoms with E-state index in [0.29, 0.717) is 17.2 Å². The molecule has 2 rings (SSSR count). The van der Waals surface area contributed by atoms with Crippen LogP contribution in [0.5, 0.6) is 17.2 Å². The summed E-state index contributed by atoms with van der Waals surface area (Å²) in [5, 5.41) is 3.93. The van der Waals surface area contributed by atoms with Crippen LogP contribution in [0.15, 0.2) is 47.6 Å². The average Bonchev–Trinajstić information content (AvgIpc) is 2.71. The topological polar surface area (TPSA) is 69.2 Å². The number of ether oxygens (including phenoxy) is 3. The highest BCUT2D eigenvalue weighted by molar-refractivity contribution is 5.83. The third kappa shape index (κ3) is 6.66. The van der Waals surface area contributed by atoms with Gasteiger partial charge in [0.15, 0.2) is 18.1 Å². The zero-order valence-electron chi connectivity index (χ0n) is 16.0. The summed E-state index contributed by atoms with van der Waals surface area (Å²) in [6.07, 6.45) is 4.92. The monoisotopic (exact) mass is 370 g/mol. The van der Waals surface area contributed by atoms with Gasteiger partial charge < -0.3 is 14.2 Å². The molecule has 144 valence electrons. The van der Waals surface area contributed by atoms with Gasteiger partial charge in [-0.15, -0.1) is 0 Å². The minimum Gasteiger partial charge on any atom is -0.493 e. The molecule has 0 saturated heterocycles. The number of nitrogens with one attached hydrogen (secondary N) is 1. The van der Waals surface area contributed by atoms with Gasteiger partial charge in [0.25, 0.3) is 5.91 Å². The quantitative estimate of drug-likeness (QED) is 0.513. The second-order valence-corrected chi connectivity index (χ2v) is 5.94. The molecule has 0 unspecified atom stereocenters. The number of rotatable bonds is 10. The Kier molecular flexibility index (Phi) is 8.16. The van der Waals surface area contributed by atoms with E-state index in [2.05, 4.69) is 17.5 Å². The first kappa shape index (κ1) is 20.3. The van der Waals surface area contributed by atoms with E-state index in [4.69, 9.17) is 14.2 Å². The Morgan fingerprint density at radius 3 is 2.48 bits per heavy atom. The highest BCUT2D eigenvalue weighted by atomic mass is 16.5. The Hall–Kier alpha value is -3.02. The molecule has 0 atom stereocenters. The van der Waals surface area contributed by atoms with Gasteiger partial charge in [-0.3, -0.25) is 4.79 Å². The average molecular weight is 370 g/mol. The molecule has 0 heterocycles. The molecule has 2 aromatic carbocycles. The summed E-state index contributed by atoms with van der Waals surface area (Å²) in [7, 11) is 3.14. The van der Waals surface area contributed by atoms with Gasteiger partial charge in [-0.05, 0) is 54.3 Å². The van der Waals surface area contributed by atoms with Crippen LogP contribution in [0.3, 0.4) is 0 Å². The van der Waals surface area contributed by atoms with Crippen molar-refractivity contribution in [3.8, 4) is 17.2 Å². The summed E-state index contributed by atoms with van der Waals surface area (Å²) in [6.45, 7) is 2.07. The molecule has 1 amide bonds. The van der Waals surface area contributed by atoms with E-state index >= 15 is 0 Å². The van der Waals surface area contributed by atoms with Crippen molar-refractivity contribution < 1.29 is 19.0 Å². The van der Waals surface area contributed by atoms with Crippen molar-refractivity contribution in [2.24, 2.45) is 5.10 Å². The van der Waals surface area contributed by atoms with Gasteiger partial charge in [-0.2, -0.15) is 5.10 Å². The zero-order chi connectivity index (χ0) is 19.5. The number of hydrogen-bond donors (Lipinski definition) is 1. The number of amides is 1. The maximum Gasteiger partial charge on any atom is 0.277 e. The lowest BCUT2D eigenvalue weighted by Crippen LogP contribution is -2.24. The van der Waals surface area contributed by atoms with Crippen molar-refractivity contribution in [3.63, 3.8) is 0 Å². The molecule has 6 heteroatoms.